The summed E-state index contributed by atoms with van der Waals surface area (Å²) < 4.78 is 0. The third kappa shape index (κ3) is 3.96. The molecule has 1 N–H and O–H groups in total. The Morgan fingerprint density at radius 2 is 2.31 bits per heavy atom. The van der Waals surface area contributed by atoms with Gasteiger partial charge in [-0.05, 0) is 25.8 Å². The second kappa shape index (κ2) is 6.22. The number of carbonyl (C=O) groups excluding carboxylic acids is 1. The van der Waals surface area contributed by atoms with E-state index in [1.54, 1.807) is 0 Å². The number of halogens is 1. The van der Waals surface area contributed by atoms with Crippen molar-refractivity contribution in [1.82, 2.24) is 10.2 Å². The molecule has 13 heavy (non-hydrogen) atoms. The van der Waals surface area contributed by atoms with E-state index in [1.165, 1.54) is 6.42 Å². The van der Waals surface area contributed by atoms with E-state index in [-0.39, 0.29) is 18.3 Å². The molecule has 4 heteroatoms. The Bertz CT molecular complexity index is 164. The molecule has 3 nitrogen and oxygen atoms in total. The lowest BCUT2D eigenvalue weighted by atomic mass is 10.0. The van der Waals surface area contributed by atoms with Crippen molar-refractivity contribution in [1.29, 1.82) is 0 Å². The Kier molecular flexibility index (Phi) is 6.08. The van der Waals surface area contributed by atoms with E-state index in [2.05, 4.69) is 12.2 Å². The molecule has 1 amide bonds. The molecule has 1 aliphatic heterocycles. The van der Waals surface area contributed by atoms with Gasteiger partial charge in [-0.2, -0.15) is 0 Å². The van der Waals surface area contributed by atoms with Crippen LogP contribution in [-0.4, -0.2) is 37.5 Å². The topological polar surface area (TPSA) is 32.3 Å². The van der Waals surface area contributed by atoms with Crippen LogP contribution in [-0.2, 0) is 4.79 Å². The Morgan fingerprint density at radius 1 is 1.62 bits per heavy atom. The molecular formula is C9H19ClN2O. The molecule has 0 radical (unpaired) electrons. The summed E-state index contributed by atoms with van der Waals surface area (Å²) in [6, 6.07) is 0. The van der Waals surface area contributed by atoms with Crippen LogP contribution in [0.5, 0.6) is 0 Å². The average Bonchev–Trinajstić information content (AvgIpc) is 2.05. The number of amides is 1. The van der Waals surface area contributed by atoms with Gasteiger partial charge in [-0.1, -0.05) is 6.92 Å². The number of likely N-dealkylation sites (N-methyl/N-ethyl adjacent to an activating group) is 1. The zero-order valence-corrected chi connectivity index (χ0v) is 9.19. The van der Waals surface area contributed by atoms with Gasteiger partial charge < -0.3 is 10.2 Å². The van der Waals surface area contributed by atoms with Crippen molar-refractivity contribution in [3.05, 3.63) is 0 Å². The first-order valence-corrected chi connectivity index (χ1v) is 4.66. The quantitative estimate of drug-likeness (QED) is 0.728. The van der Waals surface area contributed by atoms with Gasteiger partial charge in [0, 0.05) is 13.1 Å². The van der Waals surface area contributed by atoms with Crippen LogP contribution in [0.1, 0.15) is 19.8 Å². The summed E-state index contributed by atoms with van der Waals surface area (Å²) in [5.41, 5.74) is 0. The lowest BCUT2D eigenvalue weighted by Crippen LogP contribution is -2.42. The van der Waals surface area contributed by atoms with Crippen LogP contribution in [0.2, 0.25) is 0 Å². The summed E-state index contributed by atoms with van der Waals surface area (Å²) >= 11 is 0. The number of likely N-dealkylation sites (tertiary alicyclic amines) is 1. The van der Waals surface area contributed by atoms with Gasteiger partial charge in [-0.15, -0.1) is 12.4 Å². The fourth-order valence-corrected chi connectivity index (χ4v) is 1.68. The van der Waals surface area contributed by atoms with Crippen molar-refractivity contribution < 1.29 is 4.79 Å². The largest absolute Gasteiger partial charge is 0.341 e. The van der Waals surface area contributed by atoms with Gasteiger partial charge in [0.15, 0.2) is 0 Å². The van der Waals surface area contributed by atoms with E-state index < -0.39 is 0 Å². The summed E-state index contributed by atoms with van der Waals surface area (Å²) in [7, 11) is 1.81. The average molecular weight is 207 g/mol. The van der Waals surface area contributed by atoms with Crippen LogP contribution >= 0.6 is 12.4 Å². The second-order valence-corrected chi connectivity index (χ2v) is 3.62. The number of nitrogens with one attached hydrogen (secondary N) is 1. The summed E-state index contributed by atoms with van der Waals surface area (Å²) in [6.07, 6.45) is 2.43. The molecule has 78 valence electrons. The smallest absolute Gasteiger partial charge is 0.236 e. The predicted octanol–water partition coefficient (Wildman–Crippen LogP) is 0.886. The van der Waals surface area contributed by atoms with Crippen molar-refractivity contribution >= 4 is 18.3 Å². The molecule has 1 saturated heterocycles. The van der Waals surface area contributed by atoms with E-state index in [4.69, 9.17) is 0 Å². The van der Waals surface area contributed by atoms with Gasteiger partial charge >= 0.3 is 0 Å². The first-order valence-electron chi connectivity index (χ1n) is 4.66. The number of piperidine rings is 1. The highest BCUT2D eigenvalue weighted by Crippen LogP contribution is 2.14. The Morgan fingerprint density at radius 3 is 2.85 bits per heavy atom. The zero-order valence-electron chi connectivity index (χ0n) is 8.38. The minimum atomic E-state index is 0. The van der Waals surface area contributed by atoms with Crippen LogP contribution in [0.4, 0.5) is 0 Å². The number of nitrogens with zero attached hydrogens (tertiary/aromatic N) is 1. The minimum Gasteiger partial charge on any atom is -0.341 e. The predicted molar refractivity (Wildman–Crippen MR) is 56.2 cm³/mol. The minimum absolute atomic E-state index is 0. The molecule has 0 aromatic carbocycles. The van der Waals surface area contributed by atoms with E-state index in [0.29, 0.717) is 12.5 Å². The van der Waals surface area contributed by atoms with Gasteiger partial charge in [0.25, 0.3) is 0 Å². The van der Waals surface area contributed by atoms with Crippen molar-refractivity contribution in [3.63, 3.8) is 0 Å². The Labute approximate surface area is 86.3 Å². The fraction of sp³-hybridized carbons (Fsp3) is 0.889. The number of hydrogen-bond donors (Lipinski definition) is 1. The van der Waals surface area contributed by atoms with Crippen molar-refractivity contribution in [2.45, 2.75) is 19.8 Å². The maximum absolute atomic E-state index is 11.4. The molecule has 0 aromatic heterocycles. The molecule has 0 bridgehead atoms. The van der Waals surface area contributed by atoms with E-state index in [1.807, 2.05) is 11.9 Å². The Balaban J connectivity index is 0.00000144. The molecular weight excluding hydrogens is 188 g/mol. The Hall–Kier alpha value is -0.280. The standard InChI is InChI=1S/C9H18N2O.ClH/c1-8-4-3-5-11(7-8)9(12)6-10-2;/h8,10H,3-7H2,1-2H3;1H. The summed E-state index contributed by atoms with van der Waals surface area (Å²) in [5, 5.41) is 2.89. The molecule has 1 rings (SSSR count). The van der Waals surface area contributed by atoms with E-state index in [0.717, 1.165) is 19.5 Å². The van der Waals surface area contributed by atoms with Crippen molar-refractivity contribution in [3.8, 4) is 0 Å². The number of rotatable bonds is 2. The molecule has 1 aliphatic rings. The molecule has 0 saturated carbocycles. The monoisotopic (exact) mass is 206 g/mol. The molecule has 0 aromatic rings. The van der Waals surface area contributed by atoms with Gasteiger partial charge in [0.1, 0.15) is 0 Å². The maximum Gasteiger partial charge on any atom is 0.236 e. The first-order chi connectivity index (χ1) is 5.74. The normalized spacial score (nSPS) is 22.3. The molecule has 1 unspecified atom stereocenters. The van der Waals surface area contributed by atoms with Gasteiger partial charge in [-0.3, -0.25) is 4.79 Å². The maximum atomic E-state index is 11.4. The fourth-order valence-electron chi connectivity index (χ4n) is 1.68. The highest BCUT2D eigenvalue weighted by molar-refractivity contribution is 5.85. The second-order valence-electron chi connectivity index (χ2n) is 3.62. The van der Waals surface area contributed by atoms with Gasteiger partial charge in [-0.25, -0.2) is 0 Å². The van der Waals surface area contributed by atoms with Crippen LogP contribution in [0, 0.1) is 5.92 Å². The number of hydrogen-bond acceptors (Lipinski definition) is 2. The summed E-state index contributed by atoms with van der Waals surface area (Å²) in [6.45, 7) is 4.58. The van der Waals surface area contributed by atoms with Crippen molar-refractivity contribution in [2.24, 2.45) is 5.92 Å². The molecule has 1 fully saturated rings. The number of carbonyl (C=O) groups is 1. The SMILES string of the molecule is CNCC(=O)N1CCCC(C)C1.Cl. The third-order valence-corrected chi connectivity index (χ3v) is 2.34. The van der Waals surface area contributed by atoms with Gasteiger partial charge in [0.05, 0.1) is 6.54 Å². The lowest BCUT2D eigenvalue weighted by molar-refractivity contribution is -0.131. The lowest BCUT2D eigenvalue weighted by Gasteiger charge is -2.30. The molecule has 0 spiro atoms. The van der Waals surface area contributed by atoms with Crippen LogP contribution in [0.15, 0.2) is 0 Å². The summed E-state index contributed by atoms with van der Waals surface area (Å²) in [4.78, 5) is 13.4. The first kappa shape index (κ1) is 12.7. The van der Waals surface area contributed by atoms with Crippen molar-refractivity contribution in [2.75, 3.05) is 26.7 Å². The molecule has 0 aliphatic carbocycles. The highest BCUT2D eigenvalue weighted by atomic mass is 35.5. The molecule has 1 heterocycles. The van der Waals surface area contributed by atoms with Crippen LogP contribution < -0.4 is 5.32 Å². The zero-order chi connectivity index (χ0) is 8.97. The summed E-state index contributed by atoms with van der Waals surface area (Å²) in [5.74, 6) is 0.920. The van der Waals surface area contributed by atoms with Crippen LogP contribution in [0.25, 0.3) is 0 Å². The van der Waals surface area contributed by atoms with Crippen LogP contribution in [0.3, 0.4) is 0 Å². The van der Waals surface area contributed by atoms with E-state index in [9.17, 15) is 4.79 Å². The highest BCUT2D eigenvalue weighted by Gasteiger charge is 2.19. The van der Waals surface area contributed by atoms with E-state index >= 15 is 0 Å². The third-order valence-electron chi connectivity index (χ3n) is 2.34. The van der Waals surface area contributed by atoms with Gasteiger partial charge in [0.2, 0.25) is 5.91 Å². The molecule has 1 atom stereocenters.